The van der Waals surface area contributed by atoms with Crippen molar-refractivity contribution in [1.82, 2.24) is 15.5 Å². The average molecular weight is 488 g/mol. The Morgan fingerprint density at radius 1 is 1.23 bits per heavy atom. The van der Waals surface area contributed by atoms with Crippen LogP contribution in [-0.4, -0.2) is 44.6 Å². The van der Waals surface area contributed by atoms with Crippen molar-refractivity contribution in [2.45, 2.75) is 25.6 Å². The molecule has 0 bridgehead atoms. The van der Waals surface area contributed by atoms with Crippen molar-refractivity contribution >= 4 is 29.9 Å². The molecule has 1 aliphatic heterocycles. The highest BCUT2D eigenvalue weighted by atomic mass is 127. The van der Waals surface area contributed by atoms with Crippen molar-refractivity contribution in [1.29, 1.82) is 0 Å². The van der Waals surface area contributed by atoms with Crippen molar-refractivity contribution in [2.75, 3.05) is 33.7 Å². The monoisotopic (exact) mass is 488 g/mol. The van der Waals surface area contributed by atoms with Crippen LogP contribution in [0.3, 0.4) is 0 Å². The summed E-state index contributed by atoms with van der Waals surface area (Å²) in [5, 5.41) is 6.03. The Kier molecular flexibility index (Phi) is 9.08. The highest BCUT2D eigenvalue weighted by Gasteiger charge is 2.33. The van der Waals surface area contributed by atoms with Crippen molar-refractivity contribution in [2.24, 2.45) is 10.9 Å². The quantitative estimate of drug-likeness (QED) is 0.295. The lowest BCUT2D eigenvalue weighted by Gasteiger charge is -2.29. The minimum Gasteiger partial charge on any atom is -0.356 e. The minimum absolute atomic E-state index is 0. The van der Waals surface area contributed by atoms with Crippen molar-refractivity contribution in [3.63, 3.8) is 0 Å². The third-order valence-corrected chi connectivity index (χ3v) is 4.44. The molecule has 0 aromatic heterocycles. The predicted molar refractivity (Wildman–Crippen MR) is 105 cm³/mol. The first-order valence-corrected chi connectivity index (χ1v) is 8.28. The maximum absolute atomic E-state index is 13.1. The van der Waals surface area contributed by atoms with Gasteiger partial charge in [-0.25, -0.2) is 4.39 Å². The molecule has 2 rings (SSSR count). The molecule has 0 radical (unpaired) electrons. The minimum atomic E-state index is -4.59. The zero-order valence-electron chi connectivity index (χ0n) is 14.9. The fourth-order valence-electron chi connectivity index (χ4n) is 2.87. The summed E-state index contributed by atoms with van der Waals surface area (Å²) in [4.78, 5) is 6.32. The van der Waals surface area contributed by atoms with Gasteiger partial charge in [0.1, 0.15) is 5.82 Å². The topological polar surface area (TPSA) is 39.7 Å². The largest absolute Gasteiger partial charge is 0.416 e. The van der Waals surface area contributed by atoms with E-state index in [0.717, 1.165) is 44.6 Å². The van der Waals surface area contributed by atoms with Crippen molar-refractivity contribution < 1.29 is 17.6 Å². The van der Waals surface area contributed by atoms with E-state index in [4.69, 9.17) is 0 Å². The Labute approximate surface area is 168 Å². The Bertz CT molecular complexity index is 599. The number of likely N-dealkylation sites (tertiary alicyclic amines) is 1. The molecule has 1 aliphatic rings. The second-order valence-corrected chi connectivity index (χ2v) is 6.35. The summed E-state index contributed by atoms with van der Waals surface area (Å²) in [6.07, 6.45) is -2.43. The van der Waals surface area contributed by atoms with E-state index in [9.17, 15) is 17.6 Å². The van der Waals surface area contributed by atoms with E-state index < -0.39 is 17.6 Å². The normalized spacial score (nSPS) is 16.9. The molecule has 148 valence electrons. The molecule has 0 spiro atoms. The number of guanidine groups is 1. The third kappa shape index (κ3) is 6.90. The van der Waals surface area contributed by atoms with Crippen LogP contribution < -0.4 is 10.6 Å². The first kappa shape index (κ1) is 22.9. The van der Waals surface area contributed by atoms with Crippen LogP contribution in [0.5, 0.6) is 0 Å². The smallest absolute Gasteiger partial charge is 0.356 e. The summed E-state index contributed by atoms with van der Waals surface area (Å²) in [5.41, 5.74) is -0.984. The standard InChI is InChI=1S/C17H24F4N4.HI/c1-22-16(23-10-12-5-7-25(2)8-6-12)24-11-13-3-4-14(18)9-15(13)17(19,20)21;/h3-4,9,12H,5-8,10-11H2,1-2H3,(H2,22,23,24);1H. The van der Waals surface area contributed by atoms with E-state index in [-0.39, 0.29) is 36.1 Å². The predicted octanol–water partition coefficient (Wildman–Crippen LogP) is 3.47. The first-order valence-electron chi connectivity index (χ1n) is 8.28. The molecule has 2 N–H and O–H groups in total. The molecular weight excluding hydrogens is 463 g/mol. The molecule has 26 heavy (non-hydrogen) atoms. The Morgan fingerprint density at radius 3 is 2.46 bits per heavy atom. The highest BCUT2D eigenvalue weighted by molar-refractivity contribution is 14.0. The van der Waals surface area contributed by atoms with Gasteiger partial charge in [0.25, 0.3) is 0 Å². The van der Waals surface area contributed by atoms with Crippen molar-refractivity contribution in [3.05, 3.63) is 35.1 Å². The molecule has 9 heteroatoms. The Morgan fingerprint density at radius 2 is 1.88 bits per heavy atom. The SMILES string of the molecule is CN=C(NCc1ccc(F)cc1C(F)(F)F)NCC1CCN(C)CC1.I. The summed E-state index contributed by atoms with van der Waals surface area (Å²) >= 11 is 0. The van der Waals surface area contributed by atoms with Gasteiger partial charge >= 0.3 is 6.18 Å². The lowest BCUT2D eigenvalue weighted by Crippen LogP contribution is -2.42. The molecule has 0 amide bonds. The van der Waals surface area contributed by atoms with Crippen LogP contribution in [0.4, 0.5) is 17.6 Å². The molecule has 1 heterocycles. The average Bonchev–Trinajstić information content (AvgIpc) is 2.56. The van der Waals surface area contributed by atoms with E-state index in [1.165, 1.54) is 0 Å². The summed E-state index contributed by atoms with van der Waals surface area (Å²) in [7, 11) is 3.66. The number of hydrogen-bond acceptors (Lipinski definition) is 2. The van der Waals surface area contributed by atoms with Crippen LogP contribution in [0.15, 0.2) is 23.2 Å². The van der Waals surface area contributed by atoms with Gasteiger partial charge < -0.3 is 15.5 Å². The number of hydrogen-bond donors (Lipinski definition) is 2. The first-order chi connectivity index (χ1) is 11.8. The molecule has 4 nitrogen and oxygen atoms in total. The van der Waals surface area contributed by atoms with Crippen LogP contribution in [-0.2, 0) is 12.7 Å². The molecule has 0 saturated carbocycles. The molecule has 1 fully saturated rings. The van der Waals surface area contributed by atoms with E-state index in [2.05, 4.69) is 27.6 Å². The number of benzene rings is 1. The highest BCUT2D eigenvalue weighted by Crippen LogP contribution is 2.32. The van der Waals surface area contributed by atoms with Crippen molar-refractivity contribution in [3.8, 4) is 0 Å². The molecule has 1 aromatic carbocycles. The van der Waals surface area contributed by atoms with Crippen LogP contribution in [0, 0.1) is 11.7 Å². The lowest BCUT2D eigenvalue weighted by molar-refractivity contribution is -0.138. The number of nitrogens with one attached hydrogen (secondary N) is 2. The maximum atomic E-state index is 13.1. The van der Waals surface area contributed by atoms with Gasteiger partial charge in [-0.2, -0.15) is 13.2 Å². The molecule has 0 unspecified atom stereocenters. The second kappa shape index (κ2) is 10.3. The lowest BCUT2D eigenvalue weighted by atomic mass is 9.97. The zero-order valence-corrected chi connectivity index (χ0v) is 17.2. The molecular formula is C17H25F4IN4. The van der Waals surface area contributed by atoms with Gasteiger partial charge in [0, 0.05) is 20.1 Å². The number of halogens is 5. The molecule has 1 aromatic rings. The van der Waals surface area contributed by atoms with Gasteiger partial charge in [-0.3, -0.25) is 4.99 Å². The number of piperidine rings is 1. The van der Waals surface area contributed by atoms with E-state index in [1.54, 1.807) is 7.05 Å². The number of alkyl halides is 3. The summed E-state index contributed by atoms with van der Waals surface area (Å²) in [6, 6.07) is 2.70. The summed E-state index contributed by atoms with van der Waals surface area (Å²) in [6.45, 7) is 2.73. The van der Waals surface area contributed by atoms with Gasteiger partial charge in [0.15, 0.2) is 5.96 Å². The van der Waals surface area contributed by atoms with Crippen LogP contribution >= 0.6 is 24.0 Å². The maximum Gasteiger partial charge on any atom is 0.416 e. The fraction of sp³-hybridized carbons (Fsp3) is 0.588. The number of rotatable bonds is 4. The summed E-state index contributed by atoms with van der Waals surface area (Å²) in [5.74, 6) is 0.0588. The van der Waals surface area contributed by atoms with Crippen LogP contribution in [0.1, 0.15) is 24.0 Å². The van der Waals surface area contributed by atoms with E-state index in [1.807, 2.05) is 0 Å². The molecule has 0 aliphatic carbocycles. The van der Waals surface area contributed by atoms with Gasteiger partial charge in [-0.1, -0.05) is 6.07 Å². The Hall–Kier alpha value is -1.10. The fourth-order valence-corrected chi connectivity index (χ4v) is 2.87. The van der Waals surface area contributed by atoms with Crippen LogP contribution in [0.2, 0.25) is 0 Å². The summed E-state index contributed by atoms with van der Waals surface area (Å²) < 4.78 is 52.2. The Balaban J connectivity index is 0.00000338. The van der Waals surface area contributed by atoms with Gasteiger partial charge in [-0.05, 0) is 56.6 Å². The molecule has 1 saturated heterocycles. The zero-order chi connectivity index (χ0) is 18.4. The second-order valence-electron chi connectivity index (χ2n) is 6.35. The van der Waals surface area contributed by atoms with E-state index in [0.29, 0.717) is 17.9 Å². The molecule has 0 atom stereocenters. The number of aliphatic imine (C=N–C) groups is 1. The van der Waals surface area contributed by atoms with Gasteiger partial charge in [0.05, 0.1) is 5.56 Å². The third-order valence-electron chi connectivity index (χ3n) is 4.44. The van der Waals surface area contributed by atoms with E-state index >= 15 is 0 Å². The van der Waals surface area contributed by atoms with Gasteiger partial charge in [-0.15, -0.1) is 24.0 Å². The van der Waals surface area contributed by atoms with Crippen LogP contribution in [0.25, 0.3) is 0 Å². The van der Waals surface area contributed by atoms with Gasteiger partial charge in [0.2, 0.25) is 0 Å². The number of nitrogens with zero attached hydrogens (tertiary/aromatic N) is 2.